The number of nitrogens with zero attached hydrogens (tertiary/aromatic N) is 3. The van der Waals surface area contributed by atoms with Crippen LogP contribution in [0, 0.1) is 0 Å². The molecule has 4 rings (SSSR count). The summed E-state index contributed by atoms with van der Waals surface area (Å²) in [4.78, 5) is 18.2. The number of fused-ring (bicyclic) bond motifs is 1. The molecule has 7 nitrogen and oxygen atoms in total. The van der Waals surface area contributed by atoms with Crippen LogP contribution in [0.2, 0.25) is 0 Å². The van der Waals surface area contributed by atoms with E-state index in [1.807, 2.05) is 55.5 Å². The molecule has 8 heteroatoms. The number of hydrogen-bond donors (Lipinski definition) is 0. The molecule has 0 N–H and O–H groups in total. The van der Waals surface area contributed by atoms with Crippen molar-refractivity contribution >= 4 is 22.4 Å². The Hall–Kier alpha value is -3.39. The number of hydrogen-bond acceptors (Lipinski definition) is 7. The molecular weight excluding hydrogens is 474 g/mol. The van der Waals surface area contributed by atoms with Gasteiger partial charge in [-0.1, -0.05) is 50.5 Å². The lowest BCUT2D eigenvalue weighted by molar-refractivity contribution is 0.272. The first kappa shape index (κ1) is 25.7. The third kappa shape index (κ3) is 6.23. The Morgan fingerprint density at radius 1 is 0.889 bits per heavy atom. The summed E-state index contributed by atoms with van der Waals surface area (Å²) in [5.41, 5.74) is 1.51. The molecule has 0 fully saturated rings. The summed E-state index contributed by atoms with van der Waals surface area (Å²) in [6, 6.07) is 13.4. The van der Waals surface area contributed by atoms with E-state index >= 15 is 0 Å². The maximum Gasteiger partial charge on any atom is 0.291 e. The van der Waals surface area contributed by atoms with E-state index in [0.717, 1.165) is 48.3 Å². The molecule has 0 aliphatic carbocycles. The number of aromatic nitrogens is 3. The van der Waals surface area contributed by atoms with Gasteiger partial charge in [-0.15, -0.1) is 5.10 Å². The van der Waals surface area contributed by atoms with Gasteiger partial charge in [-0.05, 0) is 67.8 Å². The van der Waals surface area contributed by atoms with E-state index in [1.54, 1.807) is 0 Å². The number of benzene rings is 2. The highest BCUT2D eigenvalue weighted by Crippen LogP contribution is 2.29. The molecule has 0 saturated heterocycles. The van der Waals surface area contributed by atoms with E-state index < -0.39 is 0 Å². The average Bonchev–Trinajstić information content (AvgIpc) is 3.43. The van der Waals surface area contributed by atoms with Gasteiger partial charge in [0, 0.05) is 5.56 Å². The van der Waals surface area contributed by atoms with Crippen LogP contribution in [0.25, 0.3) is 22.4 Å². The highest BCUT2D eigenvalue weighted by molar-refractivity contribution is 7.15. The molecular formula is C28H33N3O4S. The molecule has 0 saturated carbocycles. The maximum absolute atomic E-state index is 13.0. The minimum absolute atomic E-state index is 0.189. The molecule has 0 spiro atoms. The fraction of sp³-hybridized carbons (Fsp3) is 0.393. The molecule has 0 radical (unpaired) electrons. The van der Waals surface area contributed by atoms with Crippen LogP contribution in [0.15, 0.2) is 47.3 Å². The van der Waals surface area contributed by atoms with Crippen molar-refractivity contribution in [1.82, 2.24) is 14.6 Å². The molecule has 0 aliphatic rings. The third-order valence-electron chi connectivity index (χ3n) is 5.63. The van der Waals surface area contributed by atoms with Crippen molar-refractivity contribution in [2.24, 2.45) is 0 Å². The van der Waals surface area contributed by atoms with E-state index in [4.69, 9.17) is 14.2 Å². The molecule has 2 aromatic heterocycles. The Kier molecular flexibility index (Phi) is 8.95. The van der Waals surface area contributed by atoms with Gasteiger partial charge in [0.05, 0.1) is 24.4 Å². The first-order valence-electron chi connectivity index (χ1n) is 12.7. The van der Waals surface area contributed by atoms with Gasteiger partial charge in [0.15, 0.2) is 17.3 Å². The SMILES string of the molecule is CCCCCOc1ccc(-c2nc3sc(=Cc4ccc(OCCCC)c(OCC)c4)c(=O)n3n2)cc1. The summed E-state index contributed by atoms with van der Waals surface area (Å²) < 4.78 is 19.3. The lowest BCUT2D eigenvalue weighted by Crippen LogP contribution is -2.23. The van der Waals surface area contributed by atoms with Crippen LogP contribution in [0.4, 0.5) is 0 Å². The highest BCUT2D eigenvalue weighted by atomic mass is 32.1. The standard InChI is InChI=1S/C28H33N3O4S/c1-4-7-9-17-34-22-13-11-21(12-14-22)26-29-28-31(30-26)27(32)25(36-28)19-20-10-15-23(35-16-8-5-2)24(18-20)33-6-3/h10-15,18-19H,4-9,16-17H2,1-3H3. The van der Waals surface area contributed by atoms with Gasteiger partial charge < -0.3 is 14.2 Å². The number of unbranched alkanes of at least 4 members (excludes halogenated alkanes) is 3. The zero-order valence-corrected chi connectivity index (χ0v) is 22.0. The second-order valence-corrected chi connectivity index (χ2v) is 9.48. The van der Waals surface area contributed by atoms with E-state index in [1.165, 1.54) is 22.3 Å². The first-order chi connectivity index (χ1) is 17.6. The average molecular weight is 508 g/mol. The van der Waals surface area contributed by atoms with Gasteiger partial charge in [-0.3, -0.25) is 4.79 Å². The van der Waals surface area contributed by atoms with Crippen molar-refractivity contribution in [1.29, 1.82) is 0 Å². The molecule has 2 aromatic carbocycles. The fourth-order valence-corrected chi connectivity index (χ4v) is 4.59. The Bertz CT molecular complexity index is 1380. The van der Waals surface area contributed by atoms with Crippen molar-refractivity contribution in [3.8, 4) is 28.6 Å². The van der Waals surface area contributed by atoms with Gasteiger partial charge in [0.2, 0.25) is 4.96 Å². The summed E-state index contributed by atoms with van der Waals surface area (Å²) in [5, 5.41) is 4.46. The van der Waals surface area contributed by atoms with E-state index in [-0.39, 0.29) is 5.56 Å². The summed E-state index contributed by atoms with van der Waals surface area (Å²) in [6.07, 6.45) is 7.27. The molecule has 0 amide bonds. The van der Waals surface area contributed by atoms with Gasteiger partial charge >= 0.3 is 0 Å². The van der Waals surface area contributed by atoms with Crippen LogP contribution >= 0.6 is 11.3 Å². The van der Waals surface area contributed by atoms with Gasteiger partial charge in [0.1, 0.15) is 5.75 Å². The Balaban J connectivity index is 1.53. The monoisotopic (exact) mass is 507 g/mol. The second kappa shape index (κ2) is 12.5. The lowest BCUT2D eigenvalue weighted by Gasteiger charge is -2.12. The predicted molar refractivity (Wildman–Crippen MR) is 144 cm³/mol. The van der Waals surface area contributed by atoms with Crippen molar-refractivity contribution in [2.75, 3.05) is 19.8 Å². The Morgan fingerprint density at radius 3 is 2.39 bits per heavy atom. The van der Waals surface area contributed by atoms with Gasteiger partial charge in [-0.2, -0.15) is 9.50 Å². The van der Waals surface area contributed by atoms with E-state index in [9.17, 15) is 4.79 Å². The summed E-state index contributed by atoms with van der Waals surface area (Å²) in [6.45, 7) is 8.13. The fourth-order valence-electron chi connectivity index (χ4n) is 3.68. The molecule has 0 unspecified atom stereocenters. The van der Waals surface area contributed by atoms with Crippen molar-refractivity contribution in [2.45, 2.75) is 52.9 Å². The number of rotatable bonds is 13. The van der Waals surface area contributed by atoms with Crippen LogP contribution in [0.3, 0.4) is 0 Å². The van der Waals surface area contributed by atoms with E-state index in [2.05, 4.69) is 23.9 Å². The normalized spacial score (nSPS) is 11.8. The molecule has 0 bridgehead atoms. The maximum atomic E-state index is 13.0. The zero-order chi connectivity index (χ0) is 25.3. The topological polar surface area (TPSA) is 75.0 Å². The largest absolute Gasteiger partial charge is 0.494 e. The second-order valence-electron chi connectivity index (χ2n) is 8.47. The van der Waals surface area contributed by atoms with Crippen LogP contribution in [-0.2, 0) is 0 Å². The highest BCUT2D eigenvalue weighted by Gasteiger charge is 2.13. The van der Waals surface area contributed by atoms with Crippen LogP contribution in [0.1, 0.15) is 58.4 Å². The number of ether oxygens (including phenoxy) is 3. The first-order valence-corrected chi connectivity index (χ1v) is 13.5. The van der Waals surface area contributed by atoms with Crippen LogP contribution in [-0.4, -0.2) is 34.4 Å². The number of thiazole rings is 1. The molecule has 0 atom stereocenters. The van der Waals surface area contributed by atoms with Gasteiger partial charge in [0.25, 0.3) is 5.56 Å². The van der Waals surface area contributed by atoms with Crippen LogP contribution in [0.5, 0.6) is 17.2 Å². The smallest absolute Gasteiger partial charge is 0.291 e. The molecule has 4 aromatic rings. The van der Waals surface area contributed by atoms with Crippen molar-refractivity contribution in [3.05, 3.63) is 62.9 Å². The Morgan fingerprint density at radius 2 is 1.67 bits per heavy atom. The molecule has 190 valence electrons. The zero-order valence-electron chi connectivity index (χ0n) is 21.2. The quantitative estimate of drug-likeness (QED) is 0.222. The van der Waals surface area contributed by atoms with Crippen molar-refractivity contribution in [3.63, 3.8) is 0 Å². The molecule has 36 heavy (non-hydrogen) atoms. The minimum atomic E-state index is -0.189. The lowest BCUT2D eigenvalue weighted by atomic mass is 10.2. The Labute approximate surface area is 215 Å². The predicted octanol–water partition coefficient (Wildman–Crippen LogP) is 5.51. The third-order valence-corrected chi connectivity index (χ3v) is 6.59. The van der Waals surface area contributed by atoms with Crippen LogP contribution < -0.4 is 24.3 Å². The summed E-state index contributed by atoms with van der Waals surface area (Å²) in [5.74, 6) is 2.74. The van der Waals surface area contributed by atoms with Crippen molar-refractivity contribution < 1.29 is 14.2 Å². The molecule has 2 heterocycles. The minimum Gasteiger partial charge on any atom is -0.494 e. The summed E-state index contributed by atoms with van der Waals surface area (Å²) in [7, 11) is 0. The molecule has 0 aliphatic heterocycles. The van der Waals surface area contributed by atoms with E-state index in [0.29, 0.717) is 40.9 Å². The van der Waals surface area contributed by atoms with Gasteiger partial charge in [-0.25, -0.2) is 0 Å². The summed E-state index contributed by atoms with van der Waals surface area (Å²) >= 11 is 1.32.